The summed E-state index contributed by atoms with van der Waals surface area (Å²) in [5.74, 6) is -3.34. The van der Waals surface area contributed by atoms with Crippen LogP contribution in [0.15, 0.2) is 109 Å². The molecule has 1 heterocycles. The Balaban J connectivity index is 2.76. The van der Waals surface area contributed by atoms with Gasteiger partial charge in [-0.25, -0.2) is 4.79 Å². The summed E-state index contributed by atoms with van der Waals surface area (Å²) in [4.78, 5) is 51.0. The maximum Gasteiger partial charge on any atom is 0.335 e. The number of aliphatic hydroxyl groups excluding tert-OH is 2. The van der Waals surface area contributed by atoms with E-state index in [2.05, 4.69) is 106 Å². The second-order valence-electron chi connectivity index (χ2n) is 19.2. The molecule has 12 nitrogen and oxygen atoms in total. The third kappa shape index (κ3) is 40.3. The summed E-state index contributed by atoms with van der Waals surface area (Å²) in [6.07, 6.45) is 55.2. The van der Waals surface area contributed by atoms with Crippen molar-refractivity contribution in [2.24, 2.45) is 0 Å². The van der Waals surface area contributed by atoms with Crippen molar-refractivity contribution in [1.29, 1.82) is 0 Å². The second kappa shape index (κ2) is 50.2. The van der Waals surface area contributed by atoms with E-state index in [1.54, 1.807) is 12.2 Å². The fraction of sp³-hybridized carbons (Fsp3) is 0.651. The van der Waals surface area contributed by atoms with Crippen molar-refractivity contribution in [1.82, 2.24) is 0 Å². The highest BCUT2D eigenvalue weighted by Gasteiger charge is 2.50. The quantitative estimate of drug-likeness (QED) is 0.0228. The van der Waals surface area contributed by atoms with E-state index in [1.807, 2.05) is 12.2 Å². The average molecular weight is 1050 g/mol. The number of hydrogen-bond acceptors (Lipinski definition) is 11. The molecule has 0 aromatic heterocycles. The third-order valence-electron chi connectivity index (χ3n) is 12.3. The molecule has 12 heteroatoms. The van der Waals surface area contributed by atoms with Crippen molar-refractivity contribution < 1.29 is 58.2 Å². The normalized spacial score (nSPS) is 19.0. The van der Waals surface area contributed by atoms with Crippen LogP contribution in [0.4, 0.5) is 0 Å². The van der Waals surface area contributed by atoms with Crippen LogP contribution >= 0.6 is 0 Å². The van der Waals surface area contributed by atoms with Crippen LogP contribution < -0.4 is 0 Å². The van der Waals surface area contributed by atoms with Crippen LogP contribution in [-0.4, -0.2) is 89.2 Å². The van der Waals surface area contributed by atoms with Gasteiger partial charge in [-0.15, -0.1) is 0 Å². The molecule has 75 heavy (non-hydrogen) atoms. The minimum Gasteiger partial charge on any atom is -0.479 e. The van der Waals surface area contributed by atoms with Crippen molar-refractivity contribution in [3.8, 4) is 0 Å². The number of allylic oxidation sites excluding steroid dienone is 17. The van der Waals surface area contributed by atoms with E-state index in [9.17, 15) is 34.5 Å². The first-order chi connectivity index (χ1) is 36.6. The largest absolute Gasteiger partial charge is 0.479 e. The van der Waals surface area contributed by atoms with E-state index in [-0.39, 0.29) is 25.9 Å². The molecule has 1 fully saturated rings. The monoisotopic (exact) mass is 1050 g/mol. The Kier molecular flexibility index (Phi) is 45.8. The summed E-state index contributed by atoms with van der Waals surface area (Å²) in [7, 11) is 0. The highest BCUT2D eigenvalue weighted by atomic mass is 16.7. The Labute approximate surface area is 453 Å². The van der Waals surface area contributed by atoms with Crippen LogP contribution in [0.1, 0.15) is 213 Å². The van der Waals surface area contributed by atoms with Gasteiger partial charge in [0.05, 0.1) is 13.0 Å². The van der Waals surface area contributed by atoms with E-state index in [0.717, 1.165) is 96.3 Å². The molecule has 0 radical (unpaired) electrons. The summed E-state index contributed by atoms with van der Waals surface area (Å²) in [6.45, 7) is 5.67. The molecule has 1 rings (SSSR count). The van der Waals surface area contributed by atoms with Gasteiger partial charge >= 0.3 is 23.9 Å². The standard InChI is InChI=1S/C63H100O12/c1-4-7-10-13-16-19-22-25-27-28-30-32-34-37-40-43-46-49-55(64)71-52-54(73-56(65)50-47-44-41-38-35-31-24-21-18-15-12-9-6-3)53-72-63-61(59(68)58(67)60(75-63)62(69)70)74-57(66)51-48-45-42-39-36-33-29-26-23-20-17-14-11-8-5-2/h8-9,11-12,17-18,20-21,25-27,29,31,35-36,39,45,48,54,58-61,63,67-68H,4-7,10,13-16,19,22-24,28,30,32-34,37-38,40-44,46-47,49-53H2,1-3H3,(H,69,70)/b11-8-,12-9-,20-17-,21-18-,27-25-,29-26-,35-31-,39-36-,48-45-. The van der Waals surface area contributed by atoms with Gasteiger partial charge in [-0.1, -0.05) is 201 Å². The maximum absolute atomic E-state index is 13.1. The number of carbonyl (C=O) groups excluding carboxylic acids is 3. The zero-order chi connectivity index (χ0) is 54.7. The van der Waals surface area contributed by atoms with Crippen LogP contribution in [0.5, 0.6) is 0 Å². The molecule has 0 aromatic carbocycles. The molecule has 0 amide bonds. The lowest BCUT2D eigenvalue weighted by molar-refractivity contribution is -0.301. The zero-order valence-electron chi connectivity index (χ0n) is 46.5. The summed E-state index contributed by atoms with van der Waals surface area (Å²) in [5, 5.41) is 31.4. The Morgan fingerprint density at radius 2 is 0.880 bits per heavy atom. The lowest BCUT2D eigenvalue weighted by atomic mass is 9.98. The SMILES string of the molecule is CC/C=C\C/C=C\C/C=C\C/C=C\C/C=C\CC(=O)OC1C(OCC(COC(=O)CCCCCCCCC/C=C\CCCCCCCC)OC(=O)CCCCC/C=C\C/C=C\C/C=C\CC)OC(C(=O)O)C(O)C1O. The topological polar surface area (TPSA) is 175 Å². The summed E-state index contributed by atoms with van der Waals surface area (Å²) < 4.78 is 28.2. The fourth-order valence-electron chi connectivity index (χ4n) is 7.98. The first kappa shape index (κ1) is 68.4. The van der Waals surface area contributed by atoms with E-state index < -0.39 is 67.3 Å². The number of hydrogen-bond donors (Lipinski definition) is 3. The van der Waals surface area contributed by atoms with Gasteiger partial charge in [-0.05, 0) is 103 Å². The number of rotatable bonds is 47. The van der Waals surface area contributed by atoms with Crippen LogP contribution in [0.3, 0.4) is 0 Å². The Morgan fingerprint density at radius 1 is 0.467 bits per heavy atom. The van der Waals surface area contributed by atoms with E-state index in [0.29, 0.717) is 19.3 Å². The number of ether oxygens (including phenoxy) is 5. The molecule has 0 aromatic rings. The summed E-state index contributed by atoms with van der Waals surface area (Å²) in [5.41, 5.74) is 0. The first-order valence-corrected chi connectivity index (χ1v) is 28.9. The molecule has 0 spiro atoms. The zero-order valence-corrected chi connectivity index (χ0v) is 46.5. The molecule has 0 saturated carbocycles. The molecule has 6 atom stereocenters. The van der Waals surface area contributed by atoms with Gasteiger partial charge in [0.2, 0.25) is 0 Å². The molecule has 1 aliphatic heterocycles. The van der Waals surface area contributed by atoms with E-state index in [1.165, 1.54) is 57.8 Å². The molecule has 3 N–H and O–H groups in total. The van der Waals surface area contributed by atoms with Gasteiger partial charge < -0.3 is 39.0 Å². The number of aliphatic carboxylic acids is 1. The fourth-order valence-corrected chi connectivity index (χ4v) is 7.98. The minimum absolute atomic E-state index is 0.111. The smallest absolute Gasteiger partial charge is 0.335 e. The van der Waals surface area contributed by atoms with Crippen molar-refractivity contribution >= 4 is 23.9 Å². The molecule has 1 saturated heterocycles. The van der Waals surface area contributed by atoms with Crippen LogP contribution in [0.2, 0.25) is 0 Å². The van der Waals surface area contributed by atoms with Gasteiger partial charge in [-0.2, -0.15) is 0 Å². The van der Waals surface area contributed by atoms with Gasteiger partial charge in [0.15, 0.2) is 24.6 Å². The second-order valence-corrected chi connectivity index (χ2v) is 19.2. The Morgan fingerprint density at radius 3 is 1.37 bits per heavy atom. The van der Waals surface area contributed by atoms with Gasteiger partial charge in [0.25, 0.3) is 0 Å². The van der Waals surface area contributed by atoms with E-state index >= 15 is 0 Å². The van der Waals surface area contributed by atoms with E-state index in [4.69, 9.17) is 23.7 Å². The summed E-state index contributed by atoms with van der Waals surface area (Å²) >= 11 is 0. The Bertz CT molecular complexity index is 1720. The van der Waals surface area contributed by atoms with Crippen molar-refractivity contribution in [3.05, 3.63) is 109 Å². The molecule has 1 aliphatic rings. The third-order valence-corrected chi connectivity index (χ3v) is 12.3. The predicted molar refractivity (Wildman–Crippen MR) is 303 cm³/mol. The van der Waals surface area contributed by atoms with Crippen LogP contribution in [0.25, 0.3) is 0 Å². The van der Waals surface area contributed by atoms with Crippen molar-refractivity contribution in [3.63, 3.8) is 0 Å². The number of unbranched alkanes of at least 4 members (excludes halogenated alkanes) is 16. The highest BCUT2D eigenvalue weighted by molar-refractivity contribution is 5.74. The number of esters is 3. The minimum atomic E-state index is -1.94. The lowest BCUT2D eigenvalue weighted by Crippen LogP contribution is -2.61. The van der Waals surface area contributed by atoms with Crippen molar-refractivity contribution in [2.75, 3.05) is 13.2 Å². The maximum atomic E-state index is 13.1. The number of aliphatic hydroxyl groups is 2. The van der Waals surface area contributed by atoms with Crippen molar-refractivity contribution in [2.45, 2.75) is 250 Å². The predicted octanol–water partition coefficient (Wildman–Crippen LogP) is 14.7. The molecular weight excluding hydrogens is 949 g/mol. The van der Waals surface area contributed by atoms with Crippen LogP contribution in [-0.2, 0) is 42.9 Å². The molecule has 6 unspecified atom stereocenters. The molecular formula is C63H100O12. The highest BCUT2D eigenvalue weighted by Crippen LogP contribution is 2.26. The van der Waals surface area contributed by atoms with Crippen LogP contribution in [0, 0.1) is 0 Å². The number of carboxylic acid groups (broad SMARTS) is 1. The average Bonchev–Trinajstić information content (AvgIpc) is 3.39. The summed E-state index contributed by atoms with van der Waals surface area (Å²) in [6, 6.07) is 0. The van der Waals surface area contributed by atoms with Gasteiger partial charge in [0, 0.05) is 12.8 Å². The first-order valence-electron chi connectivity index (χ1n) is 28.9. The lowest BCUT2D eigenvalue weighted by Gasteiger charge is -2.40. The number of carbonyl (C=O) groups is 4. The van der Waals surface area contributed by atoms with Gasteiger partial charge in [-0.3, -0.25) is 14.4 Å². The van der Waals surface area contributed by atoms with Gasteiger partial charge in [0.1, 0.15) is 18.8 Å². The molecule has 0 aliphatic carbocycles. The molecule has 0 bridgehead atoms. The molecule has 424 valence electrons. The Hall–Kier alpha value is -4.62. The number of carboxylic acids is 1.